The van der Waals surface area contributed by atoms with Gasteiger partial charge in [0.25, 0.3) is 0 Å². The van der Waals surface area contributed by atoms with Gasteiger partial charge < -0.3 is 11.5 Å². The molecule has 0 saturated carbocycles. The maximum Gasteiger partial charge on any atom is 0.244 e. The average molecular weight is 166 g/mol. The van der Waals surface area contributed by atoms with Gasteiger partial charge in [-0.05, 0) is 19.0 Å². The Balaban J connectivity index is 4.17. The lowest BCUT2D eigenvalue weighted by Gasteiger charge is -1.96. The van der Waals surface area contributed by atoms with E-state index in [9.17, 15) is 4.79 Å². The van der Waals surface area contributed by atoms with Crippen molar-refractivity contribution in [1.29, 1.82) is 0 Å². The molecular formula is C9H14N2O. The number of primary amides is 1. The second-order valence-electron chi connectivity index (χ2n) is 2.25. The molecule has 0 heterocycles. The Morgan fingerprint density at radius 3 is 2.58 bits per heavy atom. The highest BCUT2D eigenvalue weighted by Crippen LogP contribution is 2.02. The van der Waals surface area contributed by atoms with Crippen molar-refractivity contribution in [3.8, 4) is 0 Å². The van der Waals surface area contributed by atoms with Crippen molar-refractivity contribution < 1.29 is 4.79 Å². The maximum absolute atomic E-state index is 10.7. The van der Waals surface area contributed by atoms with E-state index in [4.69, 9.17) is 11.5 Å². The quantitative estimate of drug-likeness (QED) is 0.469. The van der Waals surface area contributed by atoms with Gasteiger partial charge in [-0.15, -0.1) is 6.58 Å². The Morgan fingerprint density at radius 2 is 2.17 bits per heavy atom. The lowest BCUT2D eigenvalue weighted by atomic mass is 10.1. The summed E-state index contributed by atoms with van der Waals surface area (Å²) in [6, 6.07) is 0. The molecule has 0 unspecified atom stereocenters. The van der Waals surface area contributed by atoms with Crippen molar-refractivity contribution in [3.05, 3.63) is 36.6 Å². The zero-order valence-electron chi connectivity index (χ0n) is 6.99. The van der Waals surface area contributed by atoms with Crippen LogP contribution in [0.15, 0.2) is 36.6 Å². The normalized spacial score (nSPS) is 11.8. The number of amides is 1. The van der Waals surface area contributed by atoms with Crippen LogP contribution in [-0.2, 0) is 4.79 Å². The zero-order chi connectivity index (χ0) is 9.40. The van der Waals surface area contributed by atoms with Gasteiger partial charge in [0.1, 0.15) is 0 Å². The van der Waals surface area contributed by atoms with Gasteiger partial charge in [-0.1, -0.05) is 18.2 Å². The van der Waals surface area contributed by atoms with Crippen molar-refractivity contribution >= 4 is 5.91 Å². The van der Waals surface area contributed by atoms with Crippen molar-refractivity contribution in [2.24, 2.45) is 11.5 Å². The molecule has 3 nitrogen and oxygen atoms in total. The molecule has 0 spiro atoms. The second kappa shape index (κ2) is 6.22. The predicted molar refractivity (Wildman–Crippen MR) is 50.0 cm³/mol. The largest absolute Gasteiger partial charge is 0.405 e. The van der Waals surface area contributed by atoms with E-state index in [0.29, 0.717) is 18.4 Å². The van der Waals surface area contributed by atoms with Gasteiger partial charge in [-0.25, -0.2) is 0 Å². The minimum Gasteiger partial charge on any atom is -0.405 e. The first-order valence-electron chi connectivity index (χ1n) is 3.68. The number of hydrogen-bond donors (Lipinski definition) is 2. The van der Waals surface area contributed by atoms with Gasteiger partial charge in [0.15, 0.2) is 0 Å². The first kappa shape index (κ1) is 10.5. The van der Waals surface area contributed by atoms with Gasteiger partial charge in [-0.2, -0.15) is 0 Å². The third-order valence-corrected chi connectivity index (χ3v) is 1.32. The Labute approximate surface area is 72.4 Å². The third kappa shape index (κ3) is 4.33. The molecule has 12 heavy (non-hydrogen) atoms. The van der Waals surface area contributed by atoms with E-state index in [-0.39, 0.29) is 0 Å². The highest BCUT2D eigenvalue weighted by atomic mass is 16.1. The molecule has 1 amide bonds. The van der Waals surface area contributed by atoms with Crippen molar-refractivity contribution in [2.75, 3.05) is 0 Å². The van der Waals surface area contributed by atoms with Crippen molar-refractivity contribution in [3.63, 3.8) is 0 Å². The van der Waals surface area contributed by atoms with Gasteiger partial charge in [0.2, 0.25) is 5.91 Å². The standard InChI is InChI=1S/C9H14N2O/c1-2-5-8(9(11)12)6-3-4-7-10/h2,4,6-7H,1,3,5,10H2,(H2,11,12). The van der Waals surface area contributed by atoms with Crippen molar-refractivity contribution in [1.82, 2.24) is 0 Å². The van der Waals surface area contributed by atoms with Crippen LogP contribution in [-0.4, -0.2) is 5.91 Å². The van der Waals surface area contributed by atoms with Crippen LogP contribution < -0.4 is 11.5 Å². The molecule has 0 radical (unpaired) electrons. The molecule has 0 aromatic rings. The summed E-state index contributed by atoms with van der Waals surface area (Å²) in [4.78, 5) is 10.7. The Hall–Kier alpha value is -1.51. The van der Waals surface area contributed by atoms with Crippen LogP contribution in [0.4, 0.5) is 0 Å². The lowest BCUT2D eigenvalue weighted by Crippen LogP contribution is -2.13. The molecule has 0 atom stereocenters. The summed E-state index contributed by atoms with van der Waals surface area (Å²) in [5.41, 5.74) is 10.8. The Kier molecular flexibility index (Phi) is 5.43. The summed E-state index contributed by atoms with van der Waals surface area (Å²) in [6.07, 6.45) is 7.70. The van der Waals surface area contributed by atoms with Crippen LogP contribution in [0.3, 0.4) is 0 Å². The average Bonchev–Trinajstić information content (AvgIpc) is 2.03. The molecule has 4 N–H and O–H groups in total. The van der Waals surface area contributed by atoms with Crippen LogP contribution in [0.5, 0.6) is 0 Å². The summed E-state index contributed by atoms with van der Waals surface area (Å²) < 4.78 is 0. The Morgan fingerprint density at radius 1 is 1.50 bits per heavy atom. The molecule has 0 fully saturated rings. The van der Waals surface area contributed by atoms with Gasteiger partial charge in [-0.3, -0.25) is 4.79 Å². The SMILES string of the molecule is C=CCC(=CCC=CN)C(N)=O. The molecule has 0 rings (SSSR count). The van der Waals surface area contributed by atoms with Crippen LogP contribution in [0.25, 0.3) is 0 Å². The maximum atomic E-state index is 10.7. The molecule has 3 heteroatoms. The highest BCUT2D eigenvalue weighted by Gasteiger charge is 1.99. The minimum absolute atomic E-state index is 0.402. The van der Waals surface area contributed by atoms with Crippen LogP contribution >= 0.6 is 0 Å². The summed E-state index contributed by atoms with van der Waals surface area (Å²) in [5, 5.41) is 0. The third-order valence-electron chi connectivity index (χ3n) is 1.32. The molecule has 0 aliphatic carbocycles. The first-order valence-corrected chi connectivity index (χ1v) is 3.68. The number of carbonyl (C=O) groups is 1. The minimum atomic E-state index is -0.402. The smallest absolute Gasteiger partial charge is 0.244 e. The van der Waals surface area contributed by atoms with Gasteiger partial charge >= 0.3 is 0 Å². The summed E-state index contributed by atoms with van der Waals surface area (Å²) >= 11 is 0. The van der Waals surface area contributed by atoms with E-state index in [1.165, 1.54) is 6.20 Å². The van der Waals surface area contributed by atoms with E-state index < -0.39 is 5.91 Å². The number of hydrogen-bond acceptors (Lipinski definition) is 2. The Bertz CT molecular complexity index is 217. The van der Waals surface area contributed by atoms with E-state index >= 15 is 0 Å². The van der Waals surface area contributed by atoms with Gasteiger partial charge in [0, 0.05) is 5.57 Å². The number of carbonyl (C=O) groups excluding carboxylic acids is 1. The molecule has 0 saturated heterocycles. The monoisotopic (exact) mass is 166 g/mol. The van der Waals surface area contributed by atoms with Gasteiger partial charge in [0.05, 0.1) is 0 Å². The fourth-order valence-corrected chi connectivity index (χ4v) is 0.729. The zero-order valence-corrected chi connectivity index (χ0v) is 6.99. The van der Waals surface area contributed by atoms with E-state index in [0.717, 1.165) is 0 Å². The van der Waals surface area contributed by atoms with E-state index in [1.54, 1.807) is 18.2 Å². The van der Waals surface area contributed by atoms with E-state index in [2.05, 4.69) is 6.58 Å². The molecule has 0 aromatic heterocycles. The highest BCUT2D eigenvalue weighted by molar-refractivity contribution is 5.92. The molecule has 66 valence electrons. The predicted octanol–water partition coefficient (Wildman–Crippen LogP) is 0.837. The van der Waals surface area contributed by atoms with Crippen LogP contribution in [0.1, 0.15) is 12.8 Å². The summed E-state index contributed by atoms with van der Waals surface area (Å²) in [6.45, 7) is 3.52. The second-order valence-corrected chi connectivity index (χ2v) is 2.25. The molecule has 0 bridgehead atoms. The summed E-state index contributed by atoms with van der Waals surface area (Å²) in [7, 11) is 0. The molecule has 0 aromatic carbocycles. The fourth-order valence-electron chi connectivity index (χ4n) is 0.729. The van der Waals surface area contributed by atoms with Crippen LogP contribution in [0, 0.1) is 0 Å². The van der Waals surface area contributed by atoms with Crippen molar-refractivity contribution in [2.45, 2.75) is 12.8 Å². The molecular weight excluding hydrogens is 152 g/mol. The lowest BCUT2D eigenvalue weighted by molar-refractivity contribution is -0.114. The molecule has 0 aliphatic heterocycles. The number of rotatable bonds is 5. The van der Waals surface area contributed by atoms with E-state index in [1.807, 2.05) is 0 Å². The fraction of sp³-hybridized carbons (Fsp3) is 0.222. The van der Waals surface area contributed by atoms with Crippen LogP contribution in [0.2, 0.25) is 0 Å². The number of allylic oxidation sites excluding steroid dienone is 3. The topological polar surface area (TPSA) is 69.1 Å². The molecule has 0 aliphatic rings. The first-order chi connectivity index (χ1) is 5.72. The summed E-state index contributed by atoms with van der Waals surface area (Å²) in [5.74, 6) is -0.402. The number of nitrogens with two attached hydrogens (primary N) is 2.